The van der Waals surface area contributed by atoms with Crippen molar-refractivity contribution in [2.24, 2.45) is 0 Å². The predicted molar refractivity (Wildman–Crippen MR) is 66.5 cm³/mol. The lowest BCUT2D eigenvalue weighted by molar-refractivity contribution is 0.198. The maximum atomic E-state index is 3.68. The standard InChI is InChI=1S/C14H20N2/c1-2-4-12(5-3-1)8-9-16-10-13-6-7-14(11-16)15-13/h1-5,13-15H,6-11H2. The van der Waals surface area contributed by atoms with Crippen LogP contribution in [0.1, 0.15) is 18.4 Å². The maximum Gasteiger partial charge on any atom is 0.0198 e. The van der Waals surface area contributed by atoms with Gasteiger partial charge in [0.05, 0.1) is 0 Å². The van der Waals surface area contributed by atoms with Crippen LogP contribution >= 0.6 is 0 Å². The van der Waals surface area contributed by atoms with Gasteiger partial charge in [0.2, 0.25) is 0 Å². The number of fused-ring (bicyclic) bond motifs is 2. The average Bonchev–Trinajstić information content (AvgIpc) is 2.67. The van der Waals surface area contributed by atoms with Gasteiger partial charge in [-0.25, -0.2) is 0 Å². The number of rotatable bonds is 3. The first-order valence-corrected chi connectivity index (χ1v) is 6.42. The number of benzene rings is 1. The molecule has 2 bridgehead atoms. The van der Waals surface area contributed by atoms with E-state index in [4.69, 9.17) is 0 Å². The number of hydrogen-bond acceptors (Lipinski definition) is 2. The largest absolute Gasteiger partial charge is 0.309 e. The van der Waals surface area contributed by atoms with E-state index in [1.807, 2.05) is 0 Å². The van der Waals surface area contributed by atoms with Crippen molar-refractivity contribution in [1.29, 1.82) is 0 Å². The lowest BCUT2D eigenvalue weighted by Gasteiger charge is -2.32. The fourth-order valence-electron chi connectivity index (χ4n) is 3.00. The van der Waals surface area contributed by atoms with Crippen molar-refractivity contribution < 1.29 is 0 Å². The third kappa shape index (κ3) is 2.28. The molecule has 2 atom stereocenters. The molecule has 2 nitrogen and oxygen atoms in total. The molecule has 1 N–H and O–H groups in total. The van der Waals surface area contributed by atoms with Crippen LogP contribution < -0.4 is 5.32 Å². The van der Waals surface area contributed by atoms with Crippen LogP contribution in [-0.4, -0.2) is 36.6 Å². The Balaban J connectivity index is 1.52. The van der Waals surface area contributed by atoms with Crippen LogP contribution in [0.15, 0.2) is 30.3 Å². The van der Waals surface area contributed by atoms with Crippen molar-refractivity contribution in [2.45, 2.75) is 31.3 Å². The Hall–Kier alpha value is -0.860. The lowest BCUT2D eigenvalue weighted by Crippen LogP contribution is -2.51. The molecule has 2 saturated heterocycles. The molecule has 3 rings (SSSR count). The summed E-state index contributed by atoms with van der Waals surface area (Å²) < 4.78 is 0. The van der Waals surface area contributed by atoms with Gasteiger partial charge in [-0.05, 0) is 24.8 Å². The van der Waals surface area contributed by atoms with Gasteiger partial charge in [0, 0.05) is 31.7 Å². The van der Waals surface area contributed by atoms with Crippen molar-refractivity contribution in [3.05, 3.63) is 35.9 Å². The third-order valence-electron chi connectivity index (χ3n) is 3.85. The normalized spacial score (nSPS) is 29.5. The van der Waals surface area contributed by atoms with E-state index in [1.165, 1.54) is 44.5 Å². The first-order valence-electron chi connectivity index (χ1n) is 6.42. The zero-order chi connectivity index (χ0) is 10.8. The van der Waals surface area contributed by atoms with E-state index >= 15 is 0 Å². The van der Waals surface area contributed by atoms with Crippen LogP contribution in [-0.2, 0) is 6.42 Å². The van der Waals surface area contributed by atoms with E-state index in [-0.39, 0.29) is 0 Å². The summed E-state index contributed by atoms with van der Waals surface area (Å²) >= 11 is 0. The summed E-state index contributed by atoms with van der Waals surface area (Å²) in [5.74, 6) is 0. The van der Waals surface area contributed by atoms with E-state index in [0.717, 1.165) is 12.1 Å². The van der Waals surface area contributed by atoms with Gasteiger partial charge >= 0.3 is 0 Å². The van der Waals surface area contributed by atoms with Gasteiger partial charge in [-0.1, -0.05) is 30.3 Å². The molecule has 16 heavy (non-hydrogen) atoms. The van der Waals surface area contributed by atoms with Crippen LogP contribution in [0.2, 0.25) is 0 Å². The summed E-state index contributed by atoms with van der Waals surface area (Å²) in [5, 5.41) is 3.68. The van der Waals surface area contributed by atoms with Gasteiger partial charge in [-0.2, -0.15) is 0 Å². The van der Waals surface area contributed by atoms with Crippen LogP contribution in [0.25, 0.3) is 0 Å². The molecular formula is C14H20N2. The fraction of sp³-hybridized carbons (Fsp3) is 0.571. The molecule has 2 unspecified atom stereocenters. The maximum absolute atomic E-state index is 3.68. The summed E-state index contributed by atoms with van der Waals surface area (Å²) in [6.07, 6.45) is 3.96. The number of piperazine rings is 1. The van der Waals surface area contributed by atoms with Gasteiger partial charge in [-0.15, -0.1) is 0 Å². The zero-order valence-electron chi connectivity index (χ0n) is 9.73. The van der Waals surface area contributed by atoms with Crippen molar-refractivity contribution >= 4 is 0 Å². The van der Waals surface area contributed by atoms with Gasteiger partial charge in [0.25, 0.3) is 0 Å². The highest BCUT2D eigenvalue weighted by molar-refractivity contribution is 5.15. The van der Waals surface area contributed by atoms with Crippen LogP contribution in [0.3, 0.4) is 0 Å². The number of nitrogens with zero attached hydrogens (tertiary/aromatic N) is 1. The zero-order valence-corrected chi connectivity index (χ0v) is 9.73. The summed E-state index contributed by atoms with van der Waals surface area (Å²) in [6.45, 7) is 3.73. The Morgan fingerprint density at radius 2 is 1.75 bits per heavy atom. The highest BCUT2D eigenvalue weighted by Gasteiger charge is 2.31. The second kappa shape index (κ2) is 4.56. The van der Waals surface area contributed by atoms with Crippen molar-refractivity contribution in [3.63, 3.8) is 0 Å². The number of likely N-dealkylation sites (tertiary alicyclic amines) is 1. The van der Waals surface area contributed by atoms with Crippen LogP contribution in [0.4, 0.5) is 0 Å². The van der Waals surface area contributed by atoms with E-state index in [0.29, 0.717) is 0 Å². The first kappa shape index (κ1) is 10.3. The molecule has 2 aliphatic rings. The Labute approximate surface area is 97.6 Å². The first-order chi connectivity index (χ1) is 7.90. The predicted octanol–water partition coefficient (Wildman–Crippen LogP) is 1.67. The number of nitrogens with one attached hydrogen (secondary N) is 1. The average molecular weight is 216 g/mol. The summed E-state index contributed by atoms with van der Waals surface area (Å²) in [7, 11) is 0. The van der Waals surface area contributed by atoms with Crippen molar-refractivity contribution in [3.8, 4) is 0 Å². The molecule has 0 amide bonds. The minimum Gasteiger partial charge on any atom is -0.309 e. The number of hydrogen-bond donors (Lipinski definition) is 1. The molecule has 86 valence electrons. The highest BCUT2D eigenvalue weighted by Crippen LogP contribution is 2.20. The highest BCUT2D eigenvalue weighted by atomic mass is 15.2. The molecule has 0 radical (unpaired) electrons. The minimum atomic E-state index is 0.773. The van der Waals surface area contributed by atoms with Gasteiger partial charge < -0.3 is 5.32 Å². The van der Waals surface area contributed by atoms with Gasteiger partial charge in [0.15, 0.2) is 0 Å². The molecule has 1 aromatic carbocycles. The smallest absolute Gasteiger partial charge is 0.0198 e. The van der Waals surface area contributed by atoms with Crippen molar-refractivity contribution in [2.75, 3.05) is 19.6 Å². The second-order valence-electron chi connectivity index (χ2n) is 5.13. The SMILES string of the molecule is c1ccc(CCN2CC3CCC(C2)N3)cc1. The second-order valence-corrected chi connectivity index (χ2v) is 5.13. The Kier molecular flexibility index (Phi) is 2.94. The molecule has 2 heteroatoms. The molecule has 0 saturated carbocycles. The van der Waals surface area contributed by atoms with Crippen LogP contribution in [0.5, 0.6) is 0 Å². The molecule has 0 aliphatic carbocycles. The molecule has 0 spiro atoms. The third-order valence-corrected chi connectivity index (χ3v) is 3.85. The van der Waals surface area contributed by atoms with Crippen molar-refractivity contribution in [1.82, 2.24) is 10.2 Å². The molecule has 2 heterocycles. The molecule has 1 aromatic rings. The fourth-order valence-corrected chi connectivity index (χ4v) is 3.00. The molecule has 2 aliphatic heterocycles. The summed E-state index contributed by atoms with van der Waals surface area (Å²) in [5.41, 5.74) is 1.47. The van der Waals surface area contributed by atoms with Gasteiger partial charge in [-0.3, -0.25) is 4.90 Å². The van der Waals surface area contributed by atoms with E-state index in [2.05, 4.69) is 40.5 Å². The van der Waals surface area contributed by atoms with E-state index < -0.39 is 0 Å². The van der Waals surface area contributed by atoms with E-state index in [1.54, 1.807) is 0 Å². The quantitative estimate of drug-likeness (QED) is 0.827. The monoisotopic (exact) mass is 216 g/mol. The minimum absolute atomic E-state index is 0.773. The topological polar surface area (TPSA) is 15.3 Å². The van der Waals surface area contributed by atoms with Crippen LogP contribution in [0, 0.1) is 0 Å². The van der Waals surface area contributed by atoms with E-state index in [9.17, 15) is 0 Å². The summed E-state index contributed by atoms with van der Waals surface area (Å²) in [6, 6.07) is 12.4. The summed E-state index contributed by atoms with van der Waals surface area (Å²) in [4.78, 5) is 2.63. The Morgan fingerprint density at radius 3 is 2.44 bits per heavy atom. The lowest BCUT2D eigenvalue weighted by atomic mass is 10.1. The Morgan fingerprint density at radius 1 is 1.06 bits per heavy atom. The van der Waals surface area contributed by atoms with Gasteiger partial charge in [0.1, 0.15) is 0 Å². The molecule has 0 aromatic heterocycles. The molecule has 2 fully saturated rings. The Bertz CT molecular complexity index is 324. The molecular weight excluding hydrogens is 196 g/mol.